The molecule has 0 fully saturated rings. The van der Waals surface area contributed by atoms with Crippen LogP contribution in [0.25, 0.3) is 0 Å². The van der Waals surface area contributed by atoms with E-state index in [1.165, 1.54) is 16.7 Å². The quantitative estimate of drug-likeness (QED) is 0.823. The van der Waals surface area contributed by atoms with Crippen molar-refractivity contribution in [1.82, 2.24) is 4.90 Å². The van der Waals surface area contributed by atoms with Crippen LogP contribution in [0, 0.1) is 13.8 Å². The minimum absolute atomic E-state index is 0.464. The van der Waals surface area contributed by atoms with E-state index in [4.69, 9.17) is 5.73 Å². The Bertz CT molecular complexity index is 334. The summed E-state index contributed by atoms with van der Waals surface area (Å²) < 4.78 is 0. The van der Waals surface area contributed by atoms with E-state index in [1.54, 1.807) is 0 Å². The summed E-state index contributed by atoms with van der Waals surface area (Å²) >= 11 is 0. The van der Waals surface area contributed by atoms with Crippen molar-refractivity contribution in [1.29, 1.82) is 0 Å². The highest BCUT2D eigenvalue weighted by Crippen LogP contribution is 2.10. The van der Waals surface area contributed by atoms with Gasteiger partial charge in [0.2, 0.25) is 0 Å². The lowest BCUT2D eigenvalue weighted by molar-refractivity contribution is 0.266. The third-order valence-corrected chi connectivity index (χ3v) is 3.42. The van der Waals surface area contributed by atoms with Gasteiger partial charge in [0.15, 0.2) is 0 Å². The van der Waals surface area contributed by atoms with Gasteiger partial charge in [0.25, 0.3) is 0 Å². The van der Waals surface area contributed by atoms with Crippen molar-refractivity contribution in [3.8, 4) is 0 Å². The molecule has 1 atom stereocenters. The number of aryl methyl sites for hydroxylation is 2. The smallest absolute Gasteiger partial charge is 0.0187 e. The maximum Gasteiger partial charge on any atom is 0.0187 e. The summed E-state index contributed by atoms with van der Waals surface area (Å²) in [5, 5.41) is 0. The molecule has 0 saturated heterocycles. The molecule has 0 saturated carbocycles. The van der Waals surface area contributed by atoms with E-state index < -0.39 is 0 Å². The van der Waals surface area contributed by atoms with Crippen LogP contribution < -0.4 is 5.73 Å². The fourth-order valence-corrected chi connectivity index (χ4v) is 1.66. The van der Waals surface area contributed by atoms with E-state index in [-0.39, 0.29) is 0 Å². The molecule has 90 valence electrons. The van der Waals surface area contributed by atoms with Gasteiger partial charge in [0.05, 0.1) is 0 Å². The van der Waals surface area contributed by atoms with Crippen LogP contribution >= 0.6 is 0 Å². The topological polar surface area (TPSA) is 29.3 Å². The van der Waals surface area contributed by atoms with Crippen molar-refractivity contribution in [3.63, 3.8) is 0 Å². The van der Waals surface area contributed by atoms with Gasteiger partial charge in [0.1, 0.15) is 0 Å². The first-order chi connectivity index (χ1) is 7.54. The van der Waals surface area contributed by atoms with Gasteiger partial charge in [-0.15, -0.1) is 0 Å². The molecule has 0 radical (unpaired) electrons. The summed E-state index contributed by atoms with van der Waals surface area (Å²) in [5.74, 6) is 0. The molecule has 0 heterocycles. The lowest BCUT2D eigenvalue weighted by atomic mass is 10.0. The van der Waals surface area contributed by atoms with Gasteiger partial charge in [0, 0.05) is 19.1 Å². The maximum atomic E-state index is 5.64. The van der Waals surface area contributed by atoms with Crippen LogP contribution in [-0.4, -0.2) is 31.1 Å². The Morgan fingerprint density at radius 1 is 1.25 bits per heavy atom. The van der Waals surface area contributed by atoms with E-state index in [1.807, 2.05) is 0 Å². The molecule has 1 rings (SSSR count). The van der Waals surface area contributed by atoms with Gasteiger partial charge in [-0.1, -0.05) is 18.2 Å². The Kier molecular flexibility index (Phi) is 4.97. The minimum atomic E-state index is 0.464. The zero-order valence-corrected chi connectivity index (χ0v) is 11.0. The highest BCUT2D eigenvalue weighted by atomic mass is 15.1. The fraction of sp³-hybridized carbons (Fsp3) is 0.571. The molecule has 0 aliphatic carbocycles. The van der Waals surface area contributed by atoms with Gasteiger partial charge in [-0.3, -0.25) is 0 Å². The Morgan fingerprint density at radius 2 is 1.94 bits per heavy atom. The molecule has 2 N–H and O–H groups in total. The molecule has 2 heteroatoms. The van der Waals surface area contributed by atoms with E-state index >= 15 is 0 Å². The average Bonchev–Trinajstić information content (AvgIpc) is 2.29. The molecule has 1 aromatic rings. The maximum absolute atomic E-state index is 5.64. The molecule has 0 aliphatic heterocycles. The zero-order valence-electron chi connectivity index (χ0n) is 11.0. The van der Waals surface area contributed by atoms with Crippen LogP contribution in [0.5, 0.6) is 0 Å². The molecular weight excluding hydrogens is 196 g/mol. The first-order valence-corrected chi connectivity index (χ1v) is 6.01. The van der Waals surface area contributed by atoms with Gasteiger partial charge < -0.3 is 10.6 Å². The van der Waals surface area contributed by atoms with E-state index in [0.717, 1.165) is 19.5 Å². The Hall–Kier alpha value is -0.860. The molecule has 16 heavy (non-hydrogen) atoms. The van der Waals surface area contributed by atoms with Crippen molar-refractivity contribution in [2.75, 3.05) is 20.1 Å². The van der Waals surface area contributed by atoms with E-state index in [2.05, 4.69) is 50.9 Å². The highest BCUT2D eigenvalue weighted by molar-refractivity contribution is 5.30. The summed E-state index contributed by atoms with van der Waals surface area (Å²) in [4.78, 5) is 2.31. The minimum Gasteiger partial charge on any atom is -0.329 e. The van der Waals surface area contributed by atoms with Crippen LogP contribution in [0.2, 0.25) is 0 Å². The predicted molar refractivity (Wildman–Crippen MR) is 70.8 cm³/mol. The number of nitrogens with two attached hydrogens (primary N) is 1. The van der Waals surface area contributed by atoms with Crippen LogP contribution in [0.4, 0.5) is 0 Å². The van der Waals surface area contributed by atoms with E-state index in [9.17, 15) is 0 Å². The van der Waals surface area contributed by atoms with Crippen molar-refractivity contribution in [2.45, 2.75) is 33.2 Å². The Balaban J connectivity index is 2.51. The number of hydrogen-bond donors (Lipinski definition) is 1. The first-order valence-electron chi connectivity index (χ1n) is 6.01. The van der Waals surface area contributed by atoms with Crippen LogP contribution in [0.1, 0.15) is 23.6 Å². The standard InChI is InChI=1S/C14H24N2/c1-11-5-6-14(9-12(11)2)7-8-16(4)13(3)10-15/h5-6,9,13H,7-8,10,15H2,1-4H3. The average molecular weight is 220 g/mol. The van der Waals surface area contributed by atoms with Crippen molar-refractivity contribution < 1.29 is 0 Å². The second-order valence-corrected chi connectivity index (χ2v) is 4.73. The largest absolute Gasteiger partial charge is 0.329 e. The summed E-state index contributed by atoms with van der Waals surface area (Å²) in [5.41, 5.74) is 9.81. The first kappa shape index (κ1) is 13.2. The lowest BCUT2D eigenvalue weighted by Crippen LogP contribution is -2.36. The summed E-state index contributed by atoms with van der Waals surface area (Å²) in [6.07, 6.45) is 1.10. The molecule has 0 spiro atoms. The number of rotatable bonds is 5. The van der Waals surface area contributed by atoms with Crippen LogP contribution in [-0.2, 0) is 6.42 Å². The lowest BCUT2D eigenvalue weighted by Gasteiger charge is -2.23. The predicted octanol–water partition coefficient (Wildman–Crippen LogP) is 2.12. The third kappa shape index (κ3) is 3.62. The van der Waals surface area contributed by atoms with Gasteiger partial charge in [-0.25, -0.2) is 0 Å². The highest BCUT2D eigenvalue weighted by Gasteiger charge is 2.06. The van der Waals surface area contributed by atoms with Gasteiger partial charge >= 0.3 is 0 Å². The Morgan fingerprint density at radius 3 is 2.50 bits per heavy atom. The van der Waals surface area contributed by atoms with Gasteiger partial charge in [-0.05, 0) is 50.9 Å². The molecule has 1 unspecified atom stereocenters. The number of benzene rings is 1. The second kappa shape index (κ2) is 6.02. The summed E-state index contributed by atoms with van der Waals surface area (Å²) in [6.45, 7) is 8.29. The normalized spacial score (nSPS) is 13.1. The van der Waals surface area contributed by atoms with E-state index in [0.29, 0.717) is 6.04 Å². The molecule has 1 aromatic carbocycles. The van der Waals surface area contributed by atoms with Crippen molar-refractivity contribution in [3.05, 3.63) is 34.9 Å². The summed E-state index contributed by atoms with van der Waals surface area (Å²) in [6, 6.07) is 7.18. The molecule has 0 amide bonds. The molecular formula is C14H24N2. The SMILES string of the molecule is Cc1ccc(CCN(C)C(C)CN)cc1C. The molecule has 2 nitrogen and oxygen atoms in total. The van der Waals surface area contributed by atoms with Crippen LogP contribution in [0.3, 0.4) is 0 Å². The molecule has 0 bridgehead atoms. The third-order valence-electron chi connectivity index (χ3n) is 3.42. The molecule has 0 aromatic heterocycles. The van der Waals surface area contributed by atoms with Crippen molar-refractivity contribution >= 4 is 0 Å². The number of likely N-dealkylation sites (N-methyl/N-ethyl adjacent to an activating group) is 1. The number of nitrogens with zero attached hydrogens (tertiary/aromatic N) is 1. The second-order valence-electron chi connectivity index (χ2n) is 4.73. The summed E-state index contributed by atoms with van der Waals surface area (Å²) in [7, 11) is 2.14. The fourth-order valence-electron chi connectivity index (χ4n) is 1.66. The van der Waals surface area contributed by atoms with Crippen LogP contribution in [0.15, 0.2) is 18.2 Å². The number of hydrogen-bond acceptors (Lipinski definition) is 2. The monoisotopic (exact) mass is 220 g/mol. The van der Waals surface area contributed by atoms with Crippen molar-refractivity contribution in [2.24, 2.45) is 5.73 Å². The molecule has 0 aliphatic rings. The van der Waals surface area contributed by atoms with Gasteiger partial charge in [-0.2, -0.15) is 0 Å². The Labute approximate surface area is 99.5 Å². The zero-order chi connectivity index (χ0) is 12.1.